The smallest absolute Gasteiger partial charge is 0.252 e. The van der Waals surface area contributed by atoms with Gasteiger partial charge in [-0.05, 0) is 43.0 Å². The molecule has 3 nitrogen and oxygen atoms in total. The van der Waals surface area contributed by atoms with Gasteiger partial charge in [0.25, 0.3) is 5.91 Å². The molecule has 0 radical (unpaired) electrons. The summed E-state index contributed by atoms with van der Waals surface area (Å²) in [5.74, 6) is 0.954. The van der Waals surface area contributed by atoms with E-state index in [1.165, 1.54) is 4.88 Å². The van der Waals surface area contributed by atoms with Crippen molar-refractivity contribution in [1.82, 2.24) is 10.6 Å². The summed E-state index contributed by atoms with van der Waals surface area (Å²) in [6.07, 6.45) is 2.18. The summed E-state index contributed by atoms with van der Waals surface area (Å²) in [5, 5.41) is 8.58. The second-order valence-corrected chi connectivity index (χ2v) is 7.43. The lowest BCUT2D eigenvalue weighted by atomic mass is 10.1. The van der Waals surface area contributed by atoms with Gasteiger partial charge in [0, 0.05) is 28.1 Å². The van der Waals surface area contributed by atoms with Gasteiger partial charge in [0.2, 0.25) is 0 Å². The number of hydrogen-bond donors (Lipinski definition) is 2. The standard InChI is InChI=1S/C17H20N2OS2/c20-17(19-13-5-3-9-18-11-13)15-7-1-2-8-16(15)22-12-14-6-4-10-21-14/h1-2,4,6-8,10,13,18H,3,5,9,11-12H2,(H,19,20)/t13-/m0/s1. The fourth-order valence-electron chi connectivity index (χ4n) is 2.56. The Morgan fingerprint density at radius 2 is 2.23 bits per heavy atom. The third-order valence-electron chi connectivity index (χ3n) is 3.71. The molecule has 1 aliphatic rings. The van der Waals surface area contributed by atoms with E-state index in [0.717, 1.165) is 42.1 Å². The van der Waals surface area contributed by atoms with Crippen molar-refractivity contribution in [2.24, 2.45) is 0 Å². The van der Waals surface area contributed by atoms with Crippen molar-refractivity contribution >= 4 is 29.0 Å². The van der Waals surface area contributed by atoms with Crippen LogP contribution < -0.4 is 10.6 Å². The first-order valence-corrected chi connectivity index (χ1v) is 9.45. The average molecular weight is 332 g/mol. The molecule has 2 aromatic rings. The molecule has 1 saturated heterocycles. The van der Waals surface area contributed by atoms with Crippen LogP contribution in [-0.2, 0) is 5.75 Å². The van der Waals surface area contributed by atoms with Crippen molar-refractivity contribution in [3.05, 3.63) is 52.2 Å². The van der Waals surface area contributed by atoms with Gasteiger partial charge in [-0.3, -0.25) is 4.79 Å². The maximum atomic E-state index is 12.5. The Morgan fingerprint density at radius 1 is 1.32 bits per heavy atom. The van der Waals surface area contributed by atoms with Crippen molar-refractivity contribution in [3.8, 4) is 0 Å². The molecule has 0 unspecified atom stereocenters. The van der Waals surface area contributed by atoms with E-state index in [9.17, 15) is 4.79 Å². The molecule has 1 fully saturated rings. The highest BCUT2D eigenvalue weighted by Gasteiger charge is 2.18. The Kier molecular flexibility index (Phi) is 5.53. The predicted molar refractivity (Wildman–Crippen MR) is 93.7 cm³/mol. The van der Waals surface area contributed by atoms with Crippen LogP contribution in [0.1, 0.15) is 28.1 Å². The number of carbonyl (C=O) groups excluding carboxylic acids is 1. The summed E-state index contributed by atoms with van der Waals surface area (Å²) < 4.78 is 0. The highest BCUT2D eigenvalue weighted by atomic mass is 32.2. The molecule has 116 valence electrons. The van der Waals surface area contributed by atoms with Crippen LogP contribution in [0.4, 0.5) is 0 Å². The maximum Gasteiger partial charge on any atom is 0.252 e. The number of nitrogens with one attached hydrogen (secondary N) is 2. The lowest BCUT2D eigenvalue weighted by Crippen LogP contribution is -2.45. The molecule has 1 aliphatic heterocycles. The molecular formula is C17H20N2OS2. The number of benzene rings is 1. The first kappa shape index (κ1) is 15.6. The van der Waals surface area contributed by atoms with E-state index in [1.54, 1.807) is 23.1 Å². The van der Waals surface area contributed by atoms with Gasteiger partial charge in [0.05, 0.1) is 5.56 Å². The molecule has 0 aliphatic carbocycles. The maximum absolute atomic E-state index is 12.5. The first-order chi connectivity index (χ1) is 10.8. The summed E-state index contributed by atoms with van der Waals surface area (Å²) in [6, 6.07) is 12.3. The highest BCUT2D eigenvalue weighted by molar-refractivity contribution is 7.98. The fraction of sp³-hybridized carbons (Fsp3) is 0.353. The number of piperidine rings is 1. The van der Waals surface area contributed by atoms with Gasteiger partial charge < -0.3 is 10.6 Å². The van der Waals surface area contributed by atoms with Crippen LogP contribution in [0.2, 0.25) is 0 Å². The molecule has 1 atom stereocenters. The number of thiophene rings is 1. The van der Waals surface area contributed by atoms with E-state index in [1.807, 2.05) is 24.3 Å². The van der Waals surface area contributed by atoms with Crippen LogP contribution in [0.25, 0.3) is 0 Å². The van der Waals surface area contributed by atoms with E-state index in [4.69, 9.17) is 0 Å². The van der Waals surface area contributed by atoms with E-state index in [2.05, 4.69) is 28.1 Å². The lowest BCUT2D eigenvalue weighted by molar-refractivity contribution is 0.0927. The zero-order chi connectivity index (χ0) is 15.2. The largest absolute Gasteiger partial charge is 0.348 e. The van der Waals surface area contributed by atoms with Crippen molar-refractivity contribution < 1.29 is 4.79 Å². The number of rotatable bonds is 5. The lowest BCUT2D eigenvalue weighted by Gasteiger charge is -2.24. The van der Waals surface area contributed by atoms with E-state index < -0.39 is 0 Å². The minimum absolute atomic E-state index is 0.0444. The normalized spacial score (nSPS) is 18.1. The second kappa shape index (κ2) is 7.81. The molecule has 2 heterocycles. The van der Waals surface area contributed by atoms with Crippen LogP contribution in [0.15, 0.2) is 46.7 Å². The third kappa shape index (κ3) is 4.12. The van der Waals surface area contributed by atoms with Gasteiger partial charge in [0.15, 0.2) is 0 Å². The Balaban J connectivity index is 1.65. The van der Waals surface area contributed by atoms with Crippen LogP contribution in [0, 0.1) is 0 Å². The van der Waals surface area contributed by atoms with E-state index in [-0.39, 0.29) is 11.9 Å². The van der Waals surface area contributed by atoms with Gasteiger partial charge in [-0.15, -0.1) is 23.1 Å². The van der Waals surface area contributed by atoms with Crippen molar-refractivity contribution in [2.45, 2.75) is 29.5 Å². The fourth-order valence-corrected chi connectivity index (χ4v) is 4.38. The monoisotopic (exact) mass is 332 g/mol. The van der Waals surface area contributed by atoms with Crippen LogP contribution in [0.5, 0.6) is 0 Å². The Hall–Kier alpha value is -1.30. The molecule has 3 rings (SSSR count). The Labute approximate surface area is 139 Å². The summed E-state index contributed by atoms with van der Waals surface area (Å²) in [4.78, 5) is 14.9. The summed E-state index contributed by atoms with van der Waals surface area (Å²) in [5.41, 5.74) is 0.787. The van der Waals surface area contributed by atoms with Gasteiger partial charge >= 0.3 is 0 Å². The SMILES string of the molecule is O=C(N[C@H]1CCCNC1)c1ccccc1SCc1cccs1. The van der Waals surface area contributed by atoms with Crippen LogP contribution >= 0.6 is 23.1 Å². The van der Waals surface area contributed by atoms with Gasteiger partial charge in [0.1, 0.15) is 0 Å². The quantitative estimate of drug-likeness (QED) is 0.823. The zero-order valence-corrected chi connectivity index (χ0v) is 14.0. The minimum Gasteiger partial charge on any atom is -0.348 e. The molecular weight excluding hydrogens is 312 g/mol. The van der Waals surface area contributed by atoms with Crippen molar-refractivity contribution in [3.63, 3.8) is 0 Å². The Bertz CT molecular complexity index is 607. The zero-order valence-electron chi connectivity index (χ0n) is 12.4. The van der Waals surface area contributed by atoms with Gasteiger partial charge in [-0.1, -0.05) is 18.2 Å². The highest BCUT2D eigenvalue weighted by Crippen LogP contribution is 2.28. The average Bonchev–Trinajstić information content (AvgIpc) is 3.07. The molecule has 2 N–H and O–H groups in total. The summed E-state index contributed by atoms with van der Waals surface area (Å²) in [7, 11) is 0. The first-order valence-electron chi connectivity index (χ1n) is 7.59. The molecule has 1 amide bonds. The number of amides is 1. The summed E-state index contributed by atoms with van der Waals surface area (Å²) >= 11 is 3.48. The number of carbonyl (C=O) groups is 1. The summed E-state index contributed by atoms with van der Waals surface area (Å²) in [6.45, 7) is 1.93. The molecule has 1 aromatic heterocycles. The van der Waals surface area contributed by atoms with Crippen LogP contribution in [-0.4, -0.2) is 25.0 Å². The predicted octanol–water partition coefficient (Wildman–Crippen LogP) is 3.52. The number of thioether (sulfide) groups is 1. The topological polar surface area (TPSA) is 41.1 Å². The van der Waals surface area contributed by atoms with Gasteiger partial charge in [-0.2, -0.15) is 0 Å². The van der Waals surface area contributed by atoms with E-state index >= 15 is 0 Å². The second-order valence-electron chi connectivity index (χ2n) is 5.38. The van der Waals surface area contributed by atoms with Crippen molar-refractivity contribution in [1.29, 1.82) is 0 Å². The van der Waals surface area contributed by atoms with Crippen LogP contribution in [0.3, 0.4) is 0 Å². The minimum atomic E-state index is 0.0444. The molecule has 5 heteroatoms. The van der Waals surface area contributed by atoms with Crippen molar-refractivity contribution in [2.75, 3.05) is 13.1 Å². The van der Waals surface area contributed by atoms with Gasteiger partial charge in [-0.25, -0.2) is 0 Å². The molecule has 0 bridgehead atoms. The third-order valence-corrected chi connectivity index (χ3v) is 5.90. The molecule has 0 saturated carbocycles. The molecule has 0 spiro atoms. The Morgan fingerprint density at radius 3 is 3.00 bits per heavy atom. The van der Waals surface area contributed by atoms with E-state index in [0.29, 0.717) is 0 Å². The molecule has 22 heavy (non-hydrogen) atoms. The number of hydrogen-bond acceptors (Lipinski definition) is 4. The molecule has 1 aromatic carbocycles.